The summed E-state index contributed by atoms with van der Waals surface area (Å²) in [6.07, 6.45) is 2.60. The summed E-state index contributed by atoms with van der Waals surface area (Å²) in [4.78, 5) is 13.9. The van der Waals surface area contributed by atoms with E-state index in [1.165, 1.54) is 4.31 Å². The van der Waals surface area contributed by atoms with E-state index in [1.807, 2.05) is 0 Å². The molecule has 0 aromatic heterocycles. The summed E-state index contributed by atoms with van der Waals surface area (Å²) in [5.74, 6) is 0.101. The standard InChI is InChI=1S/C15H34N4O3S/c1-6-23(21,22)19(5)13-9-11-17-15(20)16-10-7-8-12-18(4)14(2)3/h14H,6-13H2,1-5H3,(H2,16,17,20). The molecule has 0 fully saturated rings. The highest BCUT2D eigenvalue weighted by atomic mass is 32.2. The minimum absolute atomic E-state index is 0.101. The van der Waals surface area contributed by atoms with Gasteiger partial charge in [-0.15, -0.1) is 0 Å². The lowest BCUT2D eigenvalue weighted by Gasteiger charge is -2.20. The number of rotatable bonds is 12. The van der Waals surface area contributed by atoms with Crippen LogP contribution in [0.4, 0.5) is 4.79 Å². The Morgan fingerprint density at radius 3 is 2.09 bits per heavy atom. The van der Waals surface area contributed by atoms with E-state index in [1.54, 1.807) is 14.0 Å². The number of sulfonamides is 1. The fraction of sp³-hybridized carbons (Fsp3) is 0.933. The van der Waals surface area contributed by atoms with Gasteiger partial charge in [0.05, 0.1) is 5.75 Å². The second kappa shape index (κ2) is 11.6. The molecule has 0 spiro atoms. The third kappa shape index (κ3) is 10.5. The molecule has 0 aromatic carbocycles. The van der Waals surface area contributed by atoms with E-state index in [0.29, 0.717) is 32.1 Å². The van der Waals surface area contributed by atoms with Gasteiger partial charge >= 0.3 is 6.03 Å². The molecule has 0 saturated heterocycles. The average Bonchev–Trinajstić information content (AvgIpc) is 2.50. The molecule has 8 heteroatoms. The fourth-order valence-corrected chi connectivity index (χ4v) is 2.72. The number of amides is 2. The van der Waals surface area contributed by atoms with Gasteiger partial charge in [-0.3, -0.25) is 0 Å². The number of unbranched alkanes of at least 4 members (excludes halogenated alkanes) is 1. The summed E-state index contributed by atoms with van der Waals surface area (Å²) in [5.41, 5.74) is 0. The van der Waals surface area contributed by atoms with Crippen LogP contribution in [0.25, 0.3) is 0 Å². The number of carbonyl (C=O) groups is 1. The van der Waals surface area contributed by atoms with Crippen LogP contribution < -0.4 is 10.6 Å². The Labute approximate surface area is 141 Å². The lowest BCUT2D eigenvalue weighted by Crippen LogP contribution is -2.38. The highest BCUT2D eigenvalue weighted by Gasteiger charge is 2.13. The molecule has 2 amide bonds. The number of urea groups is 1. The second-order valence-electron chi connectivity index (χ2n) is 6.04. The van der Waals surface area contributed by atoms with E-state index in [0.717, 1.165) is 19.4 Å². The third-order valence-electron chi connectivity index (χ3n) is 3.88. The molecule has 0 heterocycles. The van der Waals surface area contributed by atoms with Crippen LogP contribution in [0.5, 0.6) is 0 Å². The minimum atomic E-state index is -3.13. The van der Waals surface area contributed by atoms with Crippen LogP contribution in [0.1, 0.15) is 40.0 Å². The van der Waals surface area contributed by atoms with Crippen molar-refractivity contribution in [1.82, 2.24) is 19.8 Å². The predicted molar refractivity (Wildman–Crippen MR) is 95.1 cm³/mol. The van der Waals surface area contributed by atoms with Gasteiger partial charge in [-0.05, 0) is 53.6 Å². The maximum Gasteiger partial charge on any atom is 0.314 e. The van der Waals surface area contributed by atoms with Crippen LogP contribution in [0, 0.1) is 0 Å². The lowest BCUT2D eigenvalue weighted by atomic mass is 10.2. The van der Waals surface area contributed by atoms with Crippen molar-refractivity contribution in [3.05, 3.63) is 0 Å². The zero-order valence-corrected chi connectivity index (χ0v) is 16.1. The van der Waals surface area contributed by atoms with Crippen LogP contribution in [-0.2, 0) is 10.0 Å². The Kier molecular flexibility index (Phi) is 11.2. The van der Waals surface area contributed by atoms with Crippen LogP contribution in [-0.4, -0.2) is 75.7 Å². The largest absolute Gasteiger partial charge is 0.338 e. The van der Waals surface area contributed by atoms with Crippen molar-refractivity contribution in [3.63, 3.8) is 0 Å². The molecular formula is C15H34N4O3S. The monoisotopic (exact) mass is 350 g/mol. The molecule has 0 aliphatic heterocycles. The van der Waals surface area contributed by atoms with Crippen molar-refractivity contribution in [1.29, 1.82) is 0 Å². The average molecular weight is 351 g/mol. The van der Waals surface area contributed by atoms with Gasteiger partial charge in [0.25, 0.3) is 0 Å². The molecule has 23 heavy (non-hydrogen) atoms. The highest BCUT2D eigenvalue weighted by Crippen LogP contribution is 1.98. The van der Waals surface area contributed by atoms with Crippen molar-refractivity contribution in [3.8, 4) is 0 Å². The topological polar surface area (TPSA) is 81.8 Å². The van der Waals surface area contributed by atoms with Crippen LogP contribution in [0.2, 0.25) is 0 Å². The quantitative estimate of drug-likeness (QED) is 0.516. The lowest BCUT2D eigenvalue weighted by molar-refractivity contribution is 0.239. The molecule has 0 saturated carbocycles. The second-order valence-corrected chi connectivity index (χ2v) is 8.40. The van der Waals surface area contributed by atoms with Gasteiger partial charge in [0.2, 0.25) is 10.0 Å². The van der Waals surface area contributed by atoms with Gasteiger partial charge in [-0.1, -0.05) is 0 Å². The fourth-order valence-electron chi connectivity index (χ4n) is 1.87. The summed E-state index contributed by atoms with van der Waals surface area (Å²) in [6.45, 7) is 8.50. The van der Waals surface area contributed by atoms with Crippen molar-refractivity contribution in [2.45, 2.75) is 46.1 Å². The molecule has 2 N–H and O–H groups in total. The van der Waals surface area contributed by atoms with Gasteiger partial charge in [0.1, 0.15) is 0 Å². The third-order valence-corrected chi connectivity index (χ3v) is 5.74. The highest BCUT2D eigenvalue weighted by molar-refractivity contribution is 7.89. The molecule has 0 aliphatic rings. The molecule has 0 atom stereocenters. The minimum Gasteiger partial charge on any atom is -0.338 e. The zero-order valence-electron chi connectivity index (χ0n) is 15.3. The molecule has 0 aliphatic carbocycles. The Bertz CT molecular complexity index is 426. The molecular weight excluding hydrogens is 316 g/mol. The van der Waals surface area contributed by atoms with Gasteiger partial charge in [-0.25, -0.2) is 17.5 Å². The van der Waals surface area contributed by atoms with E-state index in [4.69, 9.17) is 0 Å². The molecule has 7 nitrogen and oxygen atoms in total. The van der Waals surface area contributed by atoms with E-state index in [2.05, 4.69) is 36.4 Å². The van der Waals surface area contributed by atoms with Crippen molar-refractivity contribution >= 4 is 16.1 Å². The van der Waals surface area contributed by atoms with Gasteiger partial charge in [0, 0.05) is 32.7 Å². The Balaban J connectivity index is 3.62. The first-order valence-electron chi connectivity index (χ1n) is 8.36. The normalized spacial score (nSPS) is 12.2. The first kappa shape index (κ1) is 22.1. The van der Waals surface area contributed by atoms with Crippen molar-refractivity contribution < 1.29 is 13.2 Å². The van der Waals surface area contributed by atoms with E-state index < -0.39 is 10.0 Å². The zero-order chi connectivity index (χ0) is 17.9. The van der Waals surface area contributed by atoms with Crippen molar-refractivity contribution in [2.75, 3.05) is 46.0 Å². The number of hydrogen-bond donors (Lipinski definition) is 2. The van der Waals surface area contributed by atoms with Crippen molar-refractivity contribution in [2.24, 2.45) is 0 Å². The summed E-state index contributed by atoms with van der Waals surface area (Å²) in [7, 11) is 0.529. The Hall–Kier alpha value is -0.860. The number of nitrogens with one attached hydrogen (secondary N) is 2. The number of nitrogens with zero attached hydrogens (tertiary/aromatic N) is 2. The molecule has 0 rings (SSSR count). The van der Waals surface area contributed by atoms with Gasteiger partial charge < -0.3 is 15.5 Å². The molecule has 138 valence electrons. The molecule has 0 unspecified atom stereocenters. The van der Waals surface area contributed by atoms with E-state index >= 15 is 0 Å². The summed E-state index contributed by atoms with van der Waals surface area (Å²) >= 11 is 0. The Morgan fingerprint density at radius 2 is 1.57 bits per heavy atom. The SMILES string of the molecule is CCS(=O)(=O)N(C)CCCNC(=O)NCCCCN(C)C(C)C. The molecule has 0 radical (unpaired) electrons. The molecule has 0 aromatic rings. The first-order chi connectivity index (χ1) is 10.7. The number of hydrogen-bond acceptors (Lipinski definition) is 4. The van der Waals surface area contributed by atoms with E-state index in [9.17, 15) is 13.2 Å². The number of carbonyl (C=O) groups excluding carboxylic acids is 1. The summed E-state index contributed by atoms with van der Waals surface area (Å²) < 4.78 is 24.4. The van der Waals surface area contributed by atoms with E-state index in [-0.39, 0.29) is 11.8 Å². The van der Waals surface area contributed by atoms with Gasteiger partial charge in [-0.2, -0.15) is 0 Å². The maximum atomic E-state index is 11.6. The van der Waals surface area contributed by atoms with Crippen LogP contribution in [0.3, 0.4) is 0 Å². The maximum absolute atomic E-state index is 11.6. The van der Waals surface area contributed by atoms with Crippen LogP contribution in [0.15, 0.2) is 0 Å². The van der Waals surface area contributed by atoms with Gasteiger partial charge in [0.15, 0.2) is 0 Å². The smallest absolute Gasteiger partial charge is 0.314 e. The van der Waals surface area contributed by atoms with Crippen LogP contribution >= 0.6 is 0 Å². The first-order valence-corrected chi connectivity index (χ1v) is 9.97. The molecule has 0 bridgehead atoms. The predicted octanol–water partition coefficient (Wildman–Crippen LogP) is 1.08. The summed E-state index contributed by atoms with van der Waals surface area (Å²) in [6, 6.07) is 0.351. The summed E-state index contributed by atoms with van der Waals surface area (Å²) in [5, 5.41) is 5.56. The Morgan fingerprint density at radius 1 is 1.00 bits per heavy atom.